The van der Waals surface area contributed by atoms with Crippen molar-refractivity contribution in [2.24, 2.45) is 0 Å². The molecule has 0 saturated heterocycles. The van der Waals surface area contributed by atoms with Crippen LogP contribution in [0.25, 0.3) is 6.08 Å². The van der Waals surface area contributed by atoms with Gasteiger partial charge >= 0.3 is 0 Å². The zero-order valence-electron chi connectivity index (χ0n) is 19.3. The smallest absolute Gasteiger partial charge is 0.262 e. The number of benzene rings is 3. The number of ether oxygens (including phenoxy) is 2. The first kappa shape index (κ1) is 25.8. The third-order valence-corrected chi connectivity index (χ3v) is 5.79. The molecule has 0 heterocycles. The Kier molecular flexibility index (Phi) is 9.26. The molecular formula is C27H24IN3O4. The van der Waals surface area contributed by atoms with E-state index in [-0.39, 0.29) is 18.1 Å². The minimum absolute atomic E-state index is 0.0370. The average molecular weight is 581 g/mol. The highest BCUT2D eigenvalue weighted by Gasteiger charge is 2.15. The minimum Gasteiger partial charge on any atom is -0.493 e. The van der Waals surface area contributed by atoms with E-state index in [1.807, 2.05) is 67.6 Å². The number of nitrogens with one attached hydrogen (secondary N) is 2. The number of methoxy groups -OCH3 is 1. The molecule has 2 N–H and O–H groups in total. The van der Waals surface area contributed by atoms with Crippen LogP contribution in [-0.4, -0.2) is 25.5 Å². The molecule has 0 unspecified atom stereocenters. The number of halogens is 1. The van der Waals surface area contributed by atoms with Crippen LogP contribution in [0, 0.1) is 21.8 Å². The summed E-state index contributed by atoms with van der Waals surface area (Å²) in [6.45, 7) is 2.02. The number of carbonyl (C=O) groups excluding carboxylic acids is 2. The van der Waals surface area contributed by atoms with Crippen LogP contribution in [0.2, 0.25) is 0 Å². The second-order valence-electron chi connectivity index (χ2n) is 7.52. The van der Waals surface area contributed by atoms with Crippen molar-refractivity contribution in [2.45, 2.75) is 13.5 Å². The lowest BCUT2D eigenvalue weighted by molar-refractivity contribution is -0.118. The van der Waals surface area contributed by atoms with Crippen LogP contribution in [0.5, 0.6) is 11.5 Å². The van der Waals surface area contributed by atoms with Crippen LogP contribution in [0.4, 0.5) is 5.69 Å². The SMILES string of the molecule is COc1cc(/C=C(\C#N)C(=O)NCc2ccccc2)cc(I)c1OCC(=O)Nc1ccccc1C. The minimum atomic E-state index is -0.474. The van der Waals surface area contributed by atoms with E-state index in [0.29, 0.717) is 27.2 Å². The van der Waals surface area contributed by atoms with Crippen molar-refractivity contribution in [3.8, 4) is 17.6 Å². The Labute approximate surface area is 217 Å². The number of rotatable bonds is 9. The van der Waals surface area contributed by atoms with E-state index in [9.17, 15) is 14.9 Å². The predicted octanol–water partition coefficient (Wildman–Crippen LogP) is 4.85. The molecule has 0 bridgehead atoms. The lowest BCUT2D eigenvalue weighted by atomic mass is 10.1. The van der Waals surface area contributed by atoms with Gasteiger partial charge in [0, 0.05) is 12.2 Å². The zero-order valence-corrected chi connectivity index (χ0v) is 21.5. The number of amides is 2. The van der Waals surface area contributed by atoms with Crippen LogP contribution < -0.4 is 20.1 Å². The molecule has 8 heteroatoms. The summed E-state index contributed by atoms with van der Waals surface area (Å²) in [5, 5.41) is 15.1. The fourth-order valence-electron chi connectivity index (χ4n) is 3.19. The van der Waals surface area contributed by atoms with Gasteiger partial charge in [-0.25, -0.2) is 0 Å². The summed E-state index contributed by atoms with van der Waals surface area (Å²) in [7, 11) is 1.48. The van der Waals surface area contributed by atoms with Crippen LogP contribution in [0.15, 0.2) is 72.3 Å². The first-order chi connectivity index (χ1) is 16.9. The van der Waals surface area contributed by atoms with E-state index in [1.54, 1.807) is 12.1 Å². The lowest BCUT2D eigenvalue weighted by Crippen LogP contribution is -2.23. The molecule has 35 heavy (non-hydrogen) atoms. The highest BCUT2D eigenvalue weighted by atomic mass is 127. The quantitative estimate of drug-likeness (QED) is 0.214. The molecule has 0 radical (unpaired) electrons. The molecule has 178 valence electrons. The van der Waals surface area contributed by atoms with Crippen molar-refractivity contribution in [3.05, 3.63) is 92.6 Å². The Morgan fingerprint density at radius 2 is 1.80 bits per heavy atom. The summed E-state index contributed by atoms with van der Waals surface area (Å²) >= 11 is 2.06. The second-order valence-corrected chi connectivity index (χ2v) is 8.69. The van der Waals surface area contributed by atoms with Gasteiger partial charge in [0.2, 0.25) is 0 Å². The van der Waals surface area contributed by atoms with Gasteiger partial charge in [0.15, 0.2) is 18.1 Å². The molecule has 7 nitrogen and oxygen atoms in total. The number of nitriles is 1. The van der Waals surface area contributed by atoms with Crippen molar-refractivity contribution in [3.63, 3.8) is 0 Å². The molecule has 0 aliphatic carbocycles. The first-order valence-electron chi connectivity index (χ1n) is 10.7. The Morgan fingerprint density at radius 1 is 1.09 bits per heavy atom. The monoisotopic (exact) mass is 581 g/mol. The first-order valence-corrected chi connectivity index (χ1v) is 11.8. The Bertz CT molecular complexity index is 1280. The topological polar surface area (TPSA) is 100 Å². The summed E-state index contributed by atoms with van der Waals surface area (Å²) in [5.74, 6) is 0.00700. The molecular weight excluding hydrogens is 557 g/mol. The Morgan fingerprint density at radius 3 is 2.49 bits per heavy atom. The summed E-state index contributed by atoms with van der Waals surface area (Å²) in [4.78, 5) is 24.9. The third-order valence-electron chi connectivity index (χ3n) is 4.99. The average Bonchev–Trinajstić information content (AvgIpc) is 2.86. The van der Waals surface area contributed by atoms with E-state index in [4.69, 9.17) is 9.47 Å². The molecule has 3 rings (SSSR count). The van der Waals surface area contributed by atoms with Crippen LogP contribution >= 0.6 is 22.6 Å². The fourth-order valence-corrected chi connectivity index (χ4v) is 3.97. The van der Waals surface area contributed by atoms with Gasteiger partial charge in [-0.1, -0.05) is 48.5 Å². The number of carbonyl (C=O) groups is 2. The van der Waals surface area contributed by atoms with Crippen molar-refractivity contribution < 1.29 is 19.1 Å². The van der Waals surface area contributed by atoms with Crippen molar-refractivity contribution in [2.75, 3.05) is 19.0 Å². The molecule has 0 aliphatic heterocycles. The lowest BCUT2D eigenvalue weighted by Gasteiger charge is -2.14. The summed E-state index contributed by atoms with van der Waals surface area (Å²) < 4.78 is 11.9. The van der Waals surface area contributed by atoms with Crippen LogP contribution in [0.3, 0.4) is 0 Å². The summed E-state index contributed by atoms with van der Waals surface area (Å²) in [5.41, 5.74) is 3.16. The van der Waals surface area contributed by atoms with Crippen molar-refractivity contribution in [1.82, 2.24) is 5.32 Å². The zero-order chi connectivity index (χ0) is 25.2. The molecule has 0 aromatic heterocycles. The predicted molar refractivity (Wildman–Crippen MR) is 143 cm³/mol. The number of para-hydroxylation sites is 1. The van der Waals surface area contributed by atoms with Gasteiger partial charge in [-0.3, -0.25) is 9.59 Å². The van der Waals surface area contributed by atoms with E-state index < -0.39 is 5.91 Å². The van der Waals surface area contributed by atoms with E-state index in [2.05, 4.69) is 33.2 Å². The third kappa shape index (κ3) is 7.32. The van der Waals surface area contributed by atoms with Gasteiger partial charge in [0.05, 0.1) is 10.7 Å². The number of hydrogen-bond acceptors (Lipinski definition) is 5. The van der Waals surface area contributed by atoms with Crippen LogP contribution in [0.1, 0.15) is 16.7 Å². The van der Waals surface area contributed by atoms with Gasteiger partial charge < -0.3 is 20.1 Å². The molecule has 3 aromatic carbocycles. The largest absolute Gasteiger partial charge is 0.493 e. The van der Waals surface area contributed by atoms with Gasteiger partial charge in [-0.2, -0.15) is 5.26 Å². The molecule has 0 aliphatic rings. The number of anilines is 1. The van der Waals surface area contributed by atoms with E-state index >= 15 is 0 Å². The maximum atomic E-state index is 12.5. The molecule has 0 saturated carbocycles. The Balaban J connectivity index is 1.70. The van der Waals surface area contributed by atoms with Crippen molar-refractivity contribution in [1.29, 1.82) is 5.26 Å². The highest BCUT2D eigenvalue weighted by molar-refractivity contribution is 14.1. The number of hydrogen-bond donors (Lipinski definition) is 2. The maximum absolute atomic E-state index is 12.5. The molecule has 0 spiro atoms. The normalized spacial score (nSPS) is 10.7. The van der Waals surface area contributed by atoms with E-state index in [1.165, 1.54) is 13.2 Å². The van der Waals surface area contributed by atoms with Crippen LogP contribution in [-0.2, 0) is 16.1 Å². The number of aryl methyl sites for hydroxylation is 1. The molecule has 3 aromatic rings. The van der Waals surface area contributed by atoms with Gasteiger partial charge in [-0.05, 0) is 70.5 Å². The second kappa shape index (κ2) is 12.6. The van der Waals surface area contributed by atoms with E-state index in [0.717, 1.165) is 16.8 Å². The van der Waals surface area contributed by atoms with Gasteiger partial charge in [0.25, 0.3) is 11.8 Å². The maximum Gasteiger partial charge on any atom is 0.262 e. The molecule has 2 amide bonds. The van der Waals surface area contributed by atoms with Gasteiger partial charge in [-0.15, -0.1) is 0 Å². The highest BCUT2D eigenvalue weighted by Crippen LogP contribution is 2.34. The molecule has 0 atom stereocenters. The Hall–Kier alpha value is -3.84. The van der Waals surface area contributed by atoms with Gasteiger partial charge in [0.1, 0.15) is 11.6 Å². The van der Waals surface area contributed by atoms with Crippen molar-refractivity contribution >= 4 is 46.2 Å². The standard InChI is InChI=1S/C27H24IN3O4/c1-18-8-6-7-11-23(18)31-25(32)17-35-26-22(28)13-20(14-24(26)34-2)12-21(15-29)27(33)30-16-19-9-4-3-5-10-19/h3-14H,16-17H2,1-2H3,(H,30,33)(H,31,32)/b21-12+. The molecule has 0 fully saturated rings. The summed E-state index contributed by atoms with van der Waals surface area (Å²) in [6, 6.07) is 22.3. The fraction of sp³-hybridized carbons (Fsp3) is 0.148. The summed E-state index contributed by atoms with van der Waals surface area (Å²) in [6.07, 6.45) is 1.49. The number of nitrogens with zero attached hydrogens (tertiary/aromatic N) is 1.